The van der Waals surface area contributed by atoms with Gasteiger partial charge in [0.05, 0.1) is 88.8 Å². The number of nitrogens with zero attached hydrogens (tertiary/aromatic N) is 2. The molecule has 0 amide bonds. The van der Waals surface area contributed by atoms with Crippen molar-refractivity contribution in [2.75, 3.05) is 0 Å². The van der Waals surface area contributed by atoms with Crippen LogP contribution < -0.4 is 0 Å². The molecule has 0 N–H and O–H groups in total. The van der Waals surface area contributed by atoms with Crippen LogP contribution in [0.2, 0.25) is 0 Å². The number of halogens is 36. The molecule has 0 radical (unpaired) electrons. The van der Waals surface area contributed by atoms with Gasteiger partial charge in [-0.15, -0.1) is 0 Å². The van der Waals surface area contributed by atoms with E-state index in [9.17, 15) is 52.7 Å². The molecular weight excluding hydrogens is 1650 g/mol. The minimum atomic E-state index is -2.98. The van der Waals surface area contributed by atoms with Crippen LogP contribution in [0.4, 0.5) is 158 Å². The summed E-state index contributed by atoms with van der Waals surface area (Å²) in [4.78, 5) is 0. The Bertz CT molecular complexity index is 6120. The molecule has 2 heterocycles. The van der Waals surface area contributed by atoms with E-state index < -0.39 is 353 Å². The van der Waals surface area contributed by atoms with Crippen molar-refractivity contribution in [2.45, 2.75) is 0 Å². The lowest BCUT2D eigenvalue weighted by Gasteiger charge is -2.16. The Labute approximate surface area is 616 Å². The van der Waals surface area contributed by atoms with Crippen molar-refractivity contribution in [1.29, 1.82) is 0 Å². The summed E-state index contributed by atoms with van der Waals surface area (Å²) in [5.74, 6) is -104. The Morgan fingerprint density at radius 3 is 0.440 bits per heavy atom. The first-order chi connectivity index (χ1) is 54.6. The van der Waals surface area contributed by atoms with Gasteiger partial charge in [-0.2, -0.15) is 0 Å². The molecule has 15 aromatic rings. The molecule has 0 atom stereocenters. The minimum Gasteiger partial charge on any atom is -0.309 e. The molecule has 0 aliphatic carbocycles. The molecule has 38 heteroatoms. The maximum Gasteiger partial charge on any atom is 0.200 e. The zero-order valence-corrected chi connectivity index (χ0v) is 54.7. The molecule has 590 valence electrons. The summed E-state index contributed by atoms with van der Waals surface area (Å²) in [6.45, 7) is 0. The van der Waals surface area contributed by atoms with Gasteiger partial charge < -0.3 is 9.13 Å². The summed E-state index contributed by atoms with van der Waals surface area (Å²) in [6.07, 6.45) is 0. The molecule has 2 aromatic heterocycles. The normalized spacial score (nSPS) is 12.0. The highest BCUT2D eigenvalue weighted by atomic mass is 19.2. The van der Waals surface area contributed by atoms with Crippen molar-refractivity contribution in [2.24, 2.45) is 0 Å². The maximum atomic E-state index is 17.0. The van der Waals surface area contributed by atoms with Gasteiger partial charge in [0.15, 0.2) is 163 Å². The zero-order chi connectivity index (χ0) is 84.3. The quantitative estimate of drug-likeness (QED) is 0.0734. The summed E-state index contributed by atoms with van der Waals surface area (Å²) in [6, 6.07) is 11.1. The van der Waals surface area contributed by atoms with Crippen LogP contribution in [0, 0.1) is 209 Å². The molecule has 2 nitrogen and oxygen atoms in total. The van der Waals surface area contributed by atoms with Gasteiger partial charge in [-0.05, 0) is 89.0 Å². The third-order valence-corrected chi connectivity index (χ3v) is 18.9. The van der Waals surface area contributed by atoms with Gasteiger partial charge in [-0.25, -0.2) is 158 Å². The van der Waals surface area contributed by atoms with E-state index >= 15 is 105 Å². The second-order valence-electron chi connectivity index (χ2n) is 24.9. The molecule has 0 unspecified atom stereocenters. The monoisotopic (exact) mass is 1660 g/mol. The van der Waals surface area contributed by atoms with Crippen LogP contribution >= 0.6 is 0 Å². The van der Waals surface area contributed by atoms with Gasteiger partial charge >= 0.3 is 0 Å². The molecular formula is C78H16F36N2. The van der Waals surface area contributed by atoms with E-state index in [0.717, 1.165) is 57.7 Å². The maximum absolute atomic E-state index is 17.0. The van der Waals surface area contributed by atoms with Crippen LogP contribution in [0.3, 0.4) is 0 Å². The van der Waals surface area contributed by atoms with E-state index in [1.54, 1.807) is 0 Å². The Hall–Kier alpha value is -13.1. The Balaban J connectivity index is 1.01. The molecule has 13 aromatic carbocycles. The van der Waals surface area contributed by atoms with Gasteiger partial charge in [0.1, 0.15) is 23.3 Å². The number of aromatic nitrogens is 2. The molecule has 0 fully saturated rings. The van der Waals surface area contributed by atoms with Gasteiger partial charge in [-0.3, -0.25) is 0 Å². The SMILES string of the molecule is Fc1c(F)c(F)c(-c2c(F)c(F)c(F)c(-c3ccc4c(c3)c3cc(-c5c(F)c(F)c(F)c(-c6c(F)c(F)c(F)c(F)c6F)c5F)ccc3n4-c3cccc(-n4c5ccc(-c6c(F)c(F)c(F)c(-c7c(F)c(F)c(F)c(F)c7F)c6F)cc5c5cc(-c6c(F)c(F)c(F)c(-c7c(F)c(F)c(F)c(F)c7F)c6F)ccc54)c3)c2F)c(F)c1F. The Morgan fingerprint density at radius 1 is 0.129 bits per heavy atom. The number of benzene rings is 13. The molecule has 0 bridgehead atoms. The Kier molecular flexibility index (Phi) is 18.4. The largest absolute Gasteiger partial charge is 0.309 e. The van der Waals surface area contributed by atoms with Gasteiger partial charge in [0.25, 0.3) is 0 Å². The zero-order valence-electron chi connectivity index (χ0n) is 54.7. The minimum absolute atomic E-state index is 0.401. The van der Waals surface area contributed by atoms with Crippen molar-refractivity contribution in [3.05, 3.63) is 306 Å². The van der Waals surface area contributed by atoms with Crippen molar-refractivity contribution in [3.8, 4) is 100 Å². The Morgan fingerprint density at radius 2 is 0.267 bits per heavy atom. The third kappa shape index (κ3) is 10.8. The number of hydrogen-bond donors (Lipinski definition) is 0. The topological polar surface area (TPSA) is 9.86 Å². The first kappa shape index (κ1) is 78.2. The number of rotatable bonds is 10. The van der Waals surface area contributed by atoms with Crippen LogP contribution in [-0.2, 0) is 0 Å². The summed E-state index contributed by atoms with van der Waals surface area (Å²) in [7, 11) is 0. The van der Waals surface area contributed by atoms with Crippen LogP contribution in [0.25, 0.3) is 144 Å². The molecule has 0 spiro atoms. The molecule has 0 aliphatic rings. The molecule has 116 heavy (non-hydrogen) atoms. The third-order valence-electron chi connectivity index (χ3n) is 18.9. The molecule has 15 rings (SSSR count). The van der Waals surface area contributed by atoms with Crippen molar-refractivity contribution >= 4 is 43.6 Å². The van der Waals surface area contributed by atoms with Crippen LogP contribution in [0.15, 0.2) is 97.1 Å². The van der Waals surface area contributed by atoms with Gasteiger partial charge in [-0.1, -0.05) is 30.3 Å². The standard InChI is InChI=1S/C78H16F36N2/c79-43-31(47(83)63(99)51(87)35(43)39-55(91)67(103)75(111)68(104)56(39)92)17-4-8-27-23(12-17)24-13-18(32-44(80)36(52(88)64(100)48(32)84)40-57(93)69(105)76(112)70(106)58(40)94)5-9-28(24)115(27)21-2-1-3-22(16-21)116-29-10-6-19(33-45(81)37(53(89)65(101)49(33)85)41-59(95)71(107)77(113)72(108)60(41)96)14-25(29)26-15-20(7-11-30(26)116)34-46(82)38(54(90)66(102)50(34)86)42-61(97)73(109)78(114)74(110)62(42)98/h1-16H. The van der Waals surface area contributed by atoms with Crippen molar-refractivity contribution in [3.63, 3.8) is 0 Å². The van der Waals surface area contributed by atoms with E-state index in [1.807, 2.05) is 0 Å². The number of fused-ring (bicyclic) bond motifs is 6. The second kappa shape index (κ2) is 27.3. The highest BCUT2D eigenvalue weighted by Crippen LogP contribution is 2.50. The molecule has 0 saturated heterocycles. The second-order valence-corrected chi connectivity index (χ2v) is 24.9. The van der Waals surface area contributed by atoms with Crippen LogP contribution in [0.1, 0.15) is 0 Å². The smallest absolute Gasteiger partial charge is 0.200 e. The van der Waals surface area contributed by atoms with Crippen molar-refractivity contribution in [1.82, 2.24) is 9.13 Å². The first-order valence-electron chi connectivity index (χ1n) is 31.4. The summed E-state index contributed by atoms with van der Waals surface area (Å²) >= 11 is 0. The average molecular weight is 1660 g/mol. The lowest BCUT2D eigenvalue weighted by molar-refractivity contribution is 0.379. The lowest BCUT2D eigenvalue weighted by atomic mass is 9.93. The highest BCUT2D eigenvalue weighted by Gasteiger charge is 2.41. The predicted octanol–water partition coefficient (Wildman–Crippen LogP) is 26.2. The van der Waals surface area contributed by atoms with E-state index in [4.69, 9.17) is 0 Å². The van der Waals surface area contributed by atoms with Crippen LogP contribution in [0.5, 0.6) is 0 Å². The summed E-state index contributed by atoms with van der Waals surface area (Å²) in [5.41, 5.74) is -35.5. The van der Waals surface area contributed by atoms with Crippen molar-refractivity contribution < 1.29 is 158 Å². The van der Waals surface area contributed by atoms with E-state index in [0.29, 0.717) is 48.5 Å². The summed E-state index contributed by atoms with van der Waals surface area (Å²) in [5, 5.41) is -2.87. The van der Waals surface area contributed by atoms with E-state index in [-0.39, 0.29) is 0 Å². The predicted molar refractivity (Wildman–Crippen MR) is 337 cm³/mol. The highest BCUT2D eigenvalue weighted by molar-refractivity contribution is 6.14. The average Bonchev–Trinajstić information content (AvgIpc) is 1.52. The van der Waals surface area contributed by atoms with Gasteiger partial charge in [0.2, 0.25) is 23.3 Å². The fourth-order valence-electron chi connectivity index (χ4n) is 13.7. The van der Waals surface area contributed by atoms with Crippen LogP contribution in [-0.4, -0.2) is 9.13 Å². The summed E-state index contributed by atoms with van der Waals surface area (Å²) < 4.78 is 558. The fraction of sp³-hybridized carbons (Fsp3) is 0. The first-order valence-corrected chi connectivity index (χ1v) is 31.4. The number of hydrogen-bond acceptors (Lipinski definition) is 0. The van der Waals surface area contributed by atoms with E-state index in [1.165, 1.54) is 0 Å². The molecule has 0 saturated carbocycles. The fourth-order valence-corrected chi connectivity index (χ4v) is 13.7. The van der Waals surface area contributed by atoms with E-state index in [2.05, 4.69) is 0 Å². The molecule has 0 aliphatic heterocycles. The lowest BCUT2D eigenvalue weighted by Crippen LogP contribution is -2.09. The van der Waals surface area contributed by atoms with Gasteiger partial charge in [0, 0.05) is 32.9 Å².